The maximum absolute atomic E-state index is 12.0. The molecular formula is C25H29ClN6O4. The molecule has 0 spiro atoms. The Bertz CT molecular complexity index is 1290. The number of amides is 2. The summed E-state index contributed by atoms with van der Waals surface area (Å²) < 4.78 is 12.7. The highest BCUT2D eigenvalue weighted by molar-refractivity contribution is 6.46. The van der Waals surface area contributed by atoms with Gasteiger partial charge in [0.05, 0.1) is 34.7 Å². The van der Waals surface area contributed by atoms with Crippen molar-refractivity contribution in [2.45, 2.75) is 47.6 Å². The van der Waals surface area contributed by atoms with Gasteiger partial charge in [-0.2, -0.15) is 10.4 Å². The number of imidazole rings is 1. The van der Waals surface area contributed by atoms with Crippen LogP contribution >= 0.6 is 11.6 Å². The van der Waals surface area contributed by atoms with E-state index in [2.05, 4.69) is 34.1 Å². The quantitative estimate of drug-likeness (QED) is 0.295. The highest BCUT2D eigenvalue weighted by atomic mass is 35.5. The Morgan fingerprint density at radius 1 is 1.25 bits per heavy atom. The predicted molar refractivity (Wildman–Crippen MR) is 140 cm³/mol. The number of ether oxygens (including phenoxy) is 2. The number of carbonyl (C=O) groups excluding carboxylic acids is 2. The molecule has 0 unspecified atom stereocenters. The number of aromatic nitrogens is 2. The Hall–Kier alpha value is -4.10. The number of nitrogens with one attached hydrogen (secondary N) is 2. The SMILES string of the molecule is CC.CCOC(=O)NC(=O)/C(C#N)=N/Nc1cc(C)c(Oc2ccc3ncn(C(C)C)c3c2)c(Cl)c1. The third-order valence-electron chi connectivity index (χ3n) is 4.66. The minimum atomic E-state index is -0.993. The first kappa shape index (κ1) is 28.1. The number of aryl methyl sites for hydroxylation is 1. The molecule has 2 amide bonds. The van der Waals surface area contributed by atoms with Gasteiger partial charge >= 0.3 is 6.09 Å². The molecule has 0 aliphatic heterocycles. The van der Waals surface area contributed by atoms with Crippen molar-refractivity contribution in [1.82, 2.24) is 14.9 Å². The summed E-state index contributed by atoms with van der Waals surface area (Å²) in [5, 5.41) is 15.1. The lowest BCUT2D eigenvalue weighted by molar-refractivity contribution is -0.114. The summed E-state index contributed by atoms with van der Waals surface area (Å²) in [6.45, 7) is 11.6. The third-order valence-corrected chi connectivity index (χ3v) is 4.94. The van der Waals surface area contributed by atoms with Gasteiger partial charge in [0.1, 0.15) is 17.6 Å². The van der Waals surface area contributed by atoms with Gasteiger partial charge in [-0.3, -0.25) is 15.5 Å². The van der Waals surface area contributed by atoms with Crippen molar-refractivity contribution in [3.63, 3.8) is 0 Å². The first-order valence-electron chi connectivity index (χ1n) is 11.4. The van der Waals surface area contributed by atoms with Crippen molar-refractivity contribution < 1.29 is 19.1 Å². The van der Waals surface area contributed by atoms with Crippen LogP contribution in [0.1, 0.15) is 46.2 Å². The number of nitrogens with zero attached hydrogens (tertiary/aromatic N) is 4. The average Bonchev–Trinajstić information content (AvgIpc) is 3.27. The summed E-state index contributed by atoms with van der Waals surface area (Å²) in [5.74, 6) is 0.0556. The predicted octanol–water partition coefficient (Wildman–Crippen LogP) is 5.96. The van der Waals surface area contributed by atoms with Crippen molar-refractivity contribution in [2.24, 2.45) is 5.10 Å². The number of halogens is 1. The molecule has 11 heteroatoms. The van der Waals surface area contributed by atoms with Gasteiger partial charge in [0.15, 0.2) is 0 Å². The van der Waals surface area contributed by atoms with Crippen LogP contribution in [0.3, 0.4) is 0 Å². The van der Waals surface area contributed by atoms with E-state index in [0.29, 0.717) is 27.8 Å². The lowest BCUT2D eigenvalue weighted by atomic mass is 10.2. The van der Waals surface area contributed by atoms with Gasteiger partial charge < -0.3 is 14.0 Å². The van der Waals surface area contributed by atoms with Gasteiger partial charge in [-0.25, -0.2) is 9.78 Å². The maximum atomic E-state index is 12.0. The third kappa shape index (κ3) is 6.96. The second-order valence-electron chi connectivity index (χ2n) is 7.46. The summed E-state index contributed by atoms with van der Waals surface area (Å²) in [5.41, 5.74) is 4.95. The normalized spacial score (nSPS) is 10.8. The van der Waals surface area contributed by atoms with E-state index in [1.165, 1.54) is 0 Å². The number of hydrogen-bond acceptors (Lipinski definition) is 8. The molecule has 0 fully saturated rings. The number of imide groups is 1. The Kier molecular flexibility index (Phi) is 10.2. The van der Waals surface area contributed by atoms with E-state index in [1.807, 2.05) is 41.9 Å². The van der Waals surface area contributed by atoms with E-state index in [4.69, 9.17) is 21.6 Å². The number of carbonyl (C=O) groups is 2. The van der Waals surface area contributed by atoms with Crippen LogP contribution in [0.4, 0.5) is 10.5 Å². The van der Waals surface area contributed by atoms with Gasteiger partial charge in [0.2, 0.25) is 5.71 Å². The number of nitriles is 1. The van der Waals surface area contributed by atoms with Crippen LogP contribution in [0.25, 0.3) is 11.0 Å². The largest absolute Gasteiger partial charge is 0.455 e. The fraction of sp³-hybridized carbons (Fsp3) is 0.320. The second-order valence-corrected chi connectivity index (χ2v) is 7.87. The molecule has 0 bridgehead atoms. The number of rotatable bonds is 7. The monoisotopic (exact) mass is 512 g/mol. The number of anilines is 1. The van der Waals surface area contributed by atoms with Crippen molar-refractivity contribution in [2.75, 3.05) is 12.0 Å². The zero-order valence-corrected chi connectivity index (χ0v) is 21.8. The minimum Gasteiger partial charge on any atom is -0.455 e. The van der Waals surface area contributed by atoms with Crippen LogP contribution in [-0.2, 0) is 9.53 Å². The topological polar surface area (TPSA) is 131 Å². The fourth-order valence-electron chi connectivity index (χ4n) is 3.09. The zero-order chi connectivity index (χ0) is 26.8. The maximum Gasteiger partial charge on any atom is 0.414 e. The van der Waals surface area contributed by atoms with Gasteiger partial charge in [-0.15, -0.1) is 0 Å². The number of alkyl carbamates (subject to hydrolysis) is 1. The summed E-state index contributed by atoms with van der Waals surface area (Å²) in [7, 11) is 0. The molecule has 2 aromatic carbocycles. The van der Waals surface area contributed by atoms with Crippen LogP contribution in [0, 0.1) is 18.3 Å². The molecule has 3 aromatic rings. The molecule has 0 saturated carbocycles. The number of hydrogen-bond donors (Lipinski definition) is 2. The van der Waals surface area contributed by atoms with Crippen LogP contribution in [0.15, 0.2) is 41.8 Å². The van der Waals surface area contributed by atoms with Gasteiger partial charge in [-0.05, 0) is 57.5 Å². The molecular weight excluding hydrogens is 484 g/mol. The number of fused-ring (bicyclic) bond motifs is 1. The molecule has 2 N–H and O–H groups in total. The molecule has 3 rings (SSSR count). The molecule has 1 heterocycles. The average molecular weight is 513 g/mol. The van der Waals surface area contributed by atoms with E-state index in [1.54, 1.807) is 38.4 Å². The van der Waals surface area contributed by atoms with Crippen molar-refractivity contribution in [3.8, 4) is 17.6 Å². The smallest absolute Gasteiger partial charge is 0.414 e. The zero-order valence-electron chi connectivity index (χ0n) is 21.0. The van der Waals surface area contributed by atoms with E-state index < -0.39 is 17.7 Å². The molecule has 0 aliphatic carbocycles. The molecule has 0 atom stereocenters. The van der Waals surface area contributed by atoms with Crippen molar-refractivity contribution in [1.29, 1.82) is 5.26 Å². The number of benzene rings is 2. The van der Waals surface area contributed by atoms with Crippen molar-refractivity contribution in [3.05, 3.63) is 47.2 Å². The van der Waals surface area contributed by atoms with Gasteiger partial charge in [0.25, 0.3) is 5.91 Å². The molecule has 10 nitrogen and oxygen atoms in total. The van der Waals surface area contributed by atoms with Crippen LogP contribution in [0.2, 0.25) is 5.02 Å². The first-order valence-corrected chi connectivity index (χ1v) is 11.8. The van der Waals surface area contributed by atoms with Crippen molar-refractivity contribution >= 4 is 46.0 Å². The lowest BCUT2D eigenvalue weighted by Crippen LogP contribution is -2.36. The highest BCUT2D eigenvalue weighted by Gasteiger charge is 2.16. The fourth-order valence-corrected chi connectivity index (χ4v) is 3.39. The van der Waals surface area contributed by atoms with Gasteiger partial charge in [-0.1, -0.05) is 25.4 Å². The van der Waals surface area contributed by atoms with E-state index in [-0.39, 0.29) is 12.6 Å². The summed E-state index contributed by atoms with van der Waals surface area (Å²) in [6, 6.07) is 10.7. The van der Waals surface area contributed by atoms with Crippen LogP contribution < -0.4 is 15.5 Å². The highest BCUT2D eigenvalue weighted by Crippen LogP contribution is 2.36. The Morgan fingerprint density at radius 2 is 1.97 bits per heavy atom. The Labute approximate surface area is 214 Å². The Morgan fingerprint density at radius 3 is 2.58 bits per heavy atom. The van der Waals surface area contributed by atoms with E-state index >= 15 is 0 Å². The van der Waals surface area contributed by atoms with Crippen LogP contribution in [-0.4, -0.2) is 33.9 Å². The standard InChI is InChI=1S/C23H23ClN6O4.C2H6/c1-5-33-23(32)27-22(31)19(11-25)29-28-15-8-14(4)21(17(24)9-15)34-16-6-7-18-20(10-16)30(12-26-18)13(2)3;1-2/h6-10,12-13,28H,5H2,1-4H3,(H,27,31,32);1-2H3/b29-19+;. The molecule has 0 aliphatic rings. The molecule has 0 saturated heterocycles. The van der Waals surface area contributed by atoms with E-state index in [0.717, 1.165) is 11.0 Å². The summed E-state index contributed by atoms with van der Waals surface area (Å²) in [4.78, 5) is 27.7. The Balaban J connectivity index is 0.00000222. The molecule has 36 heavy (non-hydrogen) atoms. The molecule has 190 valence electrons. The number of hydrazone groups is 1. The molecule has 0 radical (unpaired) electrons. The summed E-state index contributed by atoms with van der Waals surface area (Å²) >= 11 is 6.44. The lowest BCUT2D eigenvalue weighted by Gasteiger charge is -2.14. The van der Waals surface area contributed by atoms with Gasteiger partial charge in [0, 0.05) is 12.1 Å². The molecule has 1 aromatic heterocycles. The minimum absolute atomic E-state index is 0.0812. The summed E-state index contributed by atoms with van der Waals surface area (Å²) in [6.07, 6.45) is 0.825. The van der Waals surface area contributed by atoms with Crippen LogP contribution in [0.5, 0.6) is 11.5 Å². The van der Waals surface area contributed by atoms with E-state index in [9.17, 15) is 9.59 Å². The second kappa shape index (κ2) is 13.1. The first-order chi connectivity index (χ1) is 17.2.